The van der Waals surface area contributed by atoms with E-state index in [1.807, 2.05) is 24.3 Å². The van der Waals surface area contributed by atoms with Gasteiger partial charge in [-0.2, -0.15) is 0 Å². The lowest BCUT2D eigenvalue weighted by atomic mass is 10.2. The van der Waals surface area contributed by atoms with Gasteiger partial charge in [0.15, 0.2) is 5.96 Å². The van der Waals surface area contributed by atoms with Gasteiger partial charge in [0.2, 0.25) is 0 Å². The summed E-state index contributed by atoms with van der Waals surface area (Å²) in [5, 5.41) is 10.2. The molecular formula is C13H17IN4O. The van der Waals surface area contributed by atoms with Crippen molar-refractivity contribution >= 4 is 29.9 Å². The van der Waals surface area contributed by atoms with Crippen molar-refractivity contribution in [3.8, 4) is 0 Å². The van der Waals surface area contributed by atoms with Gasteiger partial charge in [-0.15, -0.1) is 24.0 Å². The number of aromatic nitrogens is 1. The van der Waals surface area contributed by atoms with Gasteiger partial charge in [0.1, 0.15) is 12.0 Å². The minimum Gasteiger partial charge on any atom is -0.364 e. The molecule has 5 nitrogen and oxygen atoms in total. The molecule has 0 bridgehead atoms. The molecule has 2 aromatic rings. The van der Waals surface area contributed by atoms with E-state index in [-0.39, 0.29) is 24.0 Å². The molecular weight excluding hydrogens is 355 g/mol. The highest BCUT2D eigenvalue weighted by molar-refractivity contribution is 14.0. The third-order valence-electron chi connectivity index (χ3n) is 2.45. The molecule has 2 rings (SSSR count). The smallest absolute Gasteiger partial charge is 0.191 e. The van der Waals surface area contributed by atoms with Crippen LogP contribution < -0.4 is 10.6 Å². The van der Waals surface area contributed by atoms with Crippen LogP contribution in [0.2, 0.25) is 0 Å². The van der Waals surface area contributed by atoms with E-state index < -0.39 is 0 Å². The Balaban J connectivity index is 0.00000180. The fourth-order valence-electron chi connectivity index (χ4n) is 1.51. The van der Waals surface area contributed by atoms with Crippen molar-refractivity contribution in [3.63, 3.8) is 0 Å². The number of hydrogen-bond acceptors (Lipinski definition) is 3. The maximum absolute atomic E-state index is 4.76. The van der Waals surface area contributed by atoms with Crippen LogP contribution in [0.3, 0.4) is 0 Å². The Morgan fingerprint density at radius 2 is 1.89 bits per heavy atom. The fraction of sp³-hybridized carbons (Fsp3) is 0.231. The predicted octanol–water partition coefficient (Wildman–Crippen LogP) is 2.16. The van der Waals surface area contributed by atoms with Crippen LogP contribution in [0, 0.1) is 0 Å². The van der Waals surface area contributed by atoms with E-state index in [1.54, 1.807) is 13.3 Å². The molecule has 19 heavy (non-hydrogen) atoms. The second-order valence-electron chi connectivity index (χ2n) is 3.76. The number of rotatable bonds is 4. The molecule has 0 atom stereocenters. The summed E-state index contributed by atoms with van der Waals surface area (Å²) in [6.45, 7) is 1.32. The van der Waals surface area contributed by atoms with E-state index in [0.717, 1.165) is 18.2 Å². The van der Waals surface area contributed by atoms with E-state index in [4.69, 9.17) is 4.52 Å². The molecule has 0 aliphatic heterocycles. The molecule has 0 aliphatic carbocycles. The van der Waals surface area contributed by atoms with Crippen LogP contribution in [0.1, 0.15) is 11.3 Å². The first-order valence-corrected chi connectivity index (χ1v) is 5.76. The van der Waals surface area contributed by atoms with Gasteiger partial charge in [0.05, 0.1) is 6.54 Å². The Hall–Kier alpha value is -1.57. The quantitative estimate of drug-likeness (QED) is 0.491. The molecule has 1 heterocycles. The van der Waals surface area contributed by atoms with E-state index in [0.29, 0.717) is 6.54 Å². The first kappa shape index (κ1) is 15.5. The molecule has 102 valence electrons. The summed E-state index contributed by atoms with van der Waals surface area (Å²) < 4.78 is 4.76. The summed E-state index contributed by atoms with van der Waals surface area (Å²) >= 11 is 0. The lowest BCUT2D eigenvalue weighted by molar-refractivity contribution is 0.410. The summed E-state index contributed by atoms with van der Waals surface area (Å²) in [7, 11) is 1.74. The number of aliphatic imine (C=N–C) groups is 1. The highest BCUT2D eigenvalue weighted by atomic mass is 127. The topological polar surface area (TPSA) is 62.5 Å². The molecule has 0 spiro atoms. The fourth-order valence-corrected chi connectivity index (χ4v) is 1.51. The molecule has 0 aliphatic rings. The summed E-state index contributed by atoms with van der Waals surface area (Å²) in [5.74, 6) is 0.738. The third-order valence-corrected chi connectivity index (χ3v) is 2.45. The first-order chi connectivity index (χ1) is 8.88. The Morgan fingerprint density at radius 1 is 1.16 bits per heavy atom. The monoisotopic (exact) mass is 372 g/mol. The Bertz CT molecular complexity index is 485. The van der Waals surface area contributed by atoms with Crippen LogP contribution in [0.15, 0.2) is 52.2 Å². The van der Waals surface area contributed by atoms with Gasteiger partial charge in [-0.1, -0.05) is 35.5 Å². The maximum Gasteiger partial charge on any atom is 0.191 e. The number of nitrogens with zero attached hydrogens (tertiary/aromatic N) is 2. The highest BCUT2D eigenvalue weighted by Crippen LogP contribution is 1.97. The van der Waals surface area contributed by atoms with Crippen molar-refractivity contribution < 1.29 is 4.52 Å². The minimum absolute atomic E-state index is 0. The molecule has 0 amide bonds. The van der Waals surface area contributed by atoms with E-state index in [1.165, 1.54) is 5.56 Å². The number of nitrogens with one attached hydrogen (secondary N) is 2. The molecule has 2 N–H and O–H groups in total. The molecule has 6 heteroatoms. The normalized spacial score (nSPS) is 10.7. The average molecular weight is 372 g/mol. The predicted molar refractivity (Wildman–Crippen MR) is 85.4 cm³/mol. The number of guanidine groups is 1. The van der Waals surface area contributed by atoms with E-state index in [9.17, 15) is 0 Å². The maximum atomic E-state index is 4.76. The molecule has 0 saturated carbocycles. The Kier molecular flexibility index (Phi) is 6.94. The zero-order chi connectivity index (χ0) is 12.6. The van der Waals surface area contributed by atoms with Gasteiger partial charge in [0, 0.05) is 19.7 Å². The van der Waals surface area contributed by atoms with E-state index >= 15 is 0 Å². The Labute approximate surface area is 129 Å². The molecule has 0 radical (unpaired) electrons. The van der Waals surface area contributed by atoms with Crippen LogP contribution in [0.25, 0.3) is 0 Å². The molecule has 1 aromatic carbocycles. The molecule has 0 fully saturated rings. The Morgan fingerprint density at radius 3 is 2.53 bits per heavy atom. The third kappa shape index (κ3) is 5.29. The van der Waals surface area contributed by atoms with Crippen molar-refractivity contribution in [2.75, 3.05) is 7.05 Å². The lowest BCUT2D eigenvalue weighted by Gasteiger charge is -2.10. The molecule has 0 saturated heterocycles. The second kappa shape index (κ2) is 8.52. The van der Waals surface area contributed by atoms with Gasteiger partial charge in [-0.05, 0) is 5.56 Å². The van der Waals surface area contributed by atoms with Crippen LogP contribution in [-0.2, 0) is 13.1 Å². The SMILES string of the molecule is CN=C(NCc1ccccc1)NCc1ccon1.I. The van der Waals surface area contributed by atoms with Crippen molar-refractivity contribution in [1.82, 2.24) is 15.8 Å². The number of halogens is 1. The van der Waals surface area contributed by atoms with Gasteiger partial charge in [0.25, 0.3) is 0 Å². The van der Waals surface area contributed by atoms with Crippen molar-refractivity contribution in [1.29, 1.82) is 0 Å². The van der Waals surface area contributed by atoms with Gasteiger partial charge in [-0.3, -0.25) is 4.99 Å². The zero-order valence-corrected chi connectivity index (χ0v) is 13.0. The van der Waals surface area contributed by atoms with Crippen LogP contribution in [-0.4, -0.2) is 18.2 Å². The van der Waals surface area contributed by atoms with Crippen molar-refractivity contribution in [2.24, 2.45) is 4.99 Å². The van der Waals surface area contributed by atoms with Gasteiger partial charge in [-0.25, -0.2) is 0 Å². The van der Waals surface area contributed by atoms with E-state index in [2.05, 4.69) is 32.9 Å². The summed E-state index contributed by atoms with van der Waals surface area (Å²) in [6, 6.07) is 12.0. The number of hydrogen-bond donors (Lipinski definition) is 2. The molecule has 1 aromatic heterocycles. The zero-order valence-electron chi connectivity index (χ0n) is 10.7. The second-order valence-corrected chi connectivity index (χ2v) is 3.76. The molecule has 0 unspecified atom stereocenters. The summed E-state index contributed by atoms with van der Waals surface area (Å²) in [4.78, 5) is 4.14. The highest BCUT2D eigenvalue weighted by Gasteiger charge is 2.00. The van der Waals surface area contributed by atoms with Crippen LogP contribution >= 0.6 is 24.0 Å². The minimum atomic E-state index is 0. The van der Waals surface area contributed by atoms with Gasteiger partial charge < -0.3 is 15.2 Å². The first-order valence-electron chi connectivity index (χ1n) is 5.76. The van der Waals surface area contributed by atoms with Crippen molar-refractivity contribution in [3.05, 3.63) is 53.9 Å². The van der Waals surface area contributed by atoms with Crippen molar-refractivity contribution in [2.45, 2.75) is 13.1 Å². The van der Waals surface area contributed by atoms with Gasteiger partial charge >= 0.3 is 0 Å². The summed E-state index contributed by atoms with van der Waals surface area (Å²) in [5.41, 5.74) is 2.06. The lowest BCUT2D eigenvalue weighted by Crippen LogP contribution is -2.36. The average Bonchev–Trinajstić information content (AvgIpc) is 2.93. The summed E-state index contributed by atoms with van der Waals surface area (Å²) in [6.07, 6.45) is 1.55. The standard InChI is InChI=1S/C13H16N4O.HI/c1-14-13(16-10-12-7-8-18-17-12)15-9-11-5-3-2-4-6-11;/h2-8H,9-10H2,1H3,(H2,14,15,16);1H. The van der Waals surface area contributed by atoms with Crippen LogP contribution in [0.5, 0.6) is 0 Å². The number of benzene rings is 1. The van der Waals surface area contributed by atoms with Crippen LogP contribution in [0.4, 0.5) is 0 Å². The largest absolute Gasteiger partial charge is 0.364 e.